The van der Waals surface area contributed by atoms with Gasteiger partial charge in [0, 0.05) is 23.2 Å². The van der Waals surface area contributed by atoms with Gasteiger partial charge in [0.15, 0.2) is 0 Å². The molecule has 1 heterocycles. The molecule has 0 aliphatic rings. The van der Waals surface area contributed by atoms with Crippen molar-refractivity contribution in [1.29, 1.82) is 0 Å². The Morgan fingerprint density at radius 2 is 1.64 bits per heavy atom. The fourth-order valence-electron chi connectivity index (χ4n) is 2.67. The quantitative estimate of drug-likeness (QED) is 0.638. The second-order valence-corrected chi connectivity index (χ2v) is 6.32. The summed E-state index contributed by atoms with van der Waals surface area (Å²) in [5.74, 6) is -0.101. The Kier molecular flexibility index (Phi) is 4.78. The largest absolute Gasteiger partial charge is 0.772 e. The summed E-state index contributed by atoms with van der Waals surface area (Å²) in [4.78, 5) is 0. The van der Waals surface area contributed by atoms with E-state index in [1.165, 1.54) is 12.1 Å². The summed E-state index contributed by atoms with van der Waals surface area (Å²) < 4.78 is 63.0. The topological polar surface area (TPSA) is 45.1 Å². The fourth-order valence-corrected chi connectivity index (χ4v) is 3.13. The first-order chi connectivity index (χ1) is 11.9. The van der Waals surface area contributed by atoms with Crippen molar-refractivity contribution in [3.05, 3.63) is 78.0 Å². The summed E-state index contributed by atoms with van der Waals surface area (Å²) >= 11 is -2.19. The lowest BCUT2D eigenvalue weighted by atomic mass is 10.0. The van der Waals surface area contributed by atoms with Crippen LogP contribution in [0.1, 0.15) is 11.1 Å². The van der Waals surface area contributed by atoms with Crippen molar-refractivity contribution in [2.45, 2.75) is 11.9 Å². The first-order valence-corrected chi connectivity index (χ1v) is 8.60. The lowest BCUT2D eigenvalue weighted by molar-refractivity contribution is -0.137. The Hall–Kier alpha value is -2.38. The van der Waals surface area contributed by atoms with Gasteiger partial charge >= 0.3 is 6.18 Å². The van der Waals surface area contributed by atoms with Gasteiger partial charge < -0.3 is 9.12 Å². The van der Waals surface area contributed by atoms with E-state index in [4.69, 9.17) is 0 Å². The predicted octanol–water partition coefficient (Wildman–Crippen LogP) is 4.54. The maximum absolute atomic E-state index is 13.3. The molecule has 0 spiro atoms. The van der Waals surface area contributed by atoms with Gasteiger partial charge in [-0.15, -0.1) is 0 Å². The number of nitrogens with zero attached hydrogens (tertiary/aromatic N) is 1. The average Bonchev–Trinajstić information content (AvgIpc) is 3.04. The van der Waals surface area contributed by atoms with Crippen LogP contribution in [-0.2, 0) is 23.0 Å². The molecule has 7 heteroatoms. The SMILES string of the molecule is O=S([O-])Cc1ccc(-n2cccc2-c2ccccc2C(F)(F)F)cc1. The fraction of sp³-hybridized carbons (Fsp3) is 0.111. The Balaban J connectivity index is 2.04. The second kappa shape index (κ2) is 6.85. The van der Waals surface area contributed by atoms with Gasteiger partial charge in [0.2, 0.25) is 0 Å². The van der Waals surface area contributed by atoms with Crippen LogP contribution in [0.25, 0.3) is 16.9 Å². The van der Waals surface area contributed by atoms with E-state index in [0.29, 0.717) is 16.9 Å². The van der Waals surface area contributed by atoms with Gasteiger partial charge in [0.1, 0.15) is 0 Å². The molecular weight excluding hydrogens is 351 g/mol. The van der Waals surface area contributed by atoms with Crippen molar-refractivity contribution in [2.24, 2.45) is 0 Å². The van der Waals surface area contributed by atoms with Gasteiger partial charge in [-0.1, -0.05) is 41.4 Å². The summed E-state index contributed by atoms with van der Waals surface area (Å²) in [7, 11) is 0. The summed E-state index contributed by atoms with van der Waals surface area (Å²) in [5, 5.41) is 0. The van der Waals surface area contributed by atoms with E-state index in [1.54, 1.807) is 53.2 Å². The predicted molar refractivity (Wildman–Crippen MR) is 88.8 cm³/mol. The minimum absolute atomic E-state index is 0.0877. The van der Waals surface area contributed by atoms with Crippen molar-refractivity contribution in [1.82, 2.24) is 4.57 Å². The third-order valence-corrected chi connectivity index (χ3v) is 4.33. The van der Waals surface area contributed by atoms with Crippen LogP contribution in [0.2, 0.25) is 0 Å². The van der Waals surface area contributed by atoms with Gasteiger partial charge in [-0.05, 0) is 35.9 Å². The molecule has 0 fully saturated rings. The molecule has 1 atom stereocenters. The first-order valence-electron chi connectivity index (χ1n) is 7.35. The van der Waals surface area contributed by atoms with Crippen LogP contribution in [0.15, 0.2) is 66.9 Å². The number of hydrogen-bond acceptors (Lipinski definition) is 2. The molecule has 0 saturated carbocycles. The molecule has 25 heavy (non-hydrogen) atoms. The molecule has 0 amide bonds. The molecule has 0 N–H and O–H groups in total. The summed E-state index contributed by atoms with van der Waals surface area (Å²) in [5.41, 5.74) is 1.06. The van der Waals surface area contributed by atoms with E-state index < -0.39 is 22.8 Å². The molecule has 130 valence electrons. The van der Waals surface area contributed by atoms with Crippen molar-refractivity contribution in [3.8, 4) is 16.9 Å². The number of benzene rings is 2. The lowest BCUT2D eigenvalue weighted by Crippen LogP contribution is -2.08. The molecule has 0 aliphatic carbocycles. The monoisotopic (exact) mass is 364 g/mol. The Bertz CT molecular complexity index is 901. The zero-order valence-electron chi connectivity index (χ0n) is 12.9. The summed E-state index contributed by atoms with van der Waals surface area (Å²) in [6.07, 6.45) is -2.78. The number of halogens is 3. The minimum atomic E-state index is -4.45. The smallest absolute Gasteiger partial charge is 0.417 e. The first kappa shape index (κ1) is 17.4. The van der Waals surface area contributed by atoms with E-state index in [0.717, 1.165) is 6.07 Å². The molecule has 0 radical (unpaired) electrons. The van der Waals surface area contributed by atoms with E-state index in [9.17, 15) is 21.9 Å². The molecule has 1 unspecified atom stereocenters. The standard InChI is InChI=1S/C18H14F3NO2S/c19-18(20,21)16-5-2-1-4-15(16)17-6-3-11-22(17)14-9-7-13(8-10-14)12-25(23)24/h1-11H,12H2,(H,23,24)/p-1. The minimum Gasteiger partial charge on any atom is -0.772 e. The Morgan fingerprint density at radius 3 is 2.28 bits per heavy atom. The van der Waals surface area contributed by atoms with Gasteiger partial charge in [-0.3, -0.25) is 4.21 Å². The van der Waals surface area contributed by atoms with Crippen molar-refractivity contribution < 1.29 is 21.9 Å². The van der Waals surface area contributed by atoms with E-state index >= 15 is 0 Å². The molecule has 0 aliphatic heterocycles. The van der Waals surface area contributed by atoms with Crippen LogP contribution in [0.4, 0.5) is 13.2 Å². The molecule has 3 nitrogen and oxygen atoms in total. The van der Waals surface area contributed by atoms with E-state index in [-0.39, 0.29) is 11.3 Å². The van der Waals surface area contributed by atoms with Crippen LogP contribution in [0.5, 0.6) is 0 Å². The zero-order valence-corrected chi connectivity index (χ0v) is 13.7. The molecule has 3 aromatic rings. The lowest BCUT2D eigenvalue weighted by Gasteiger charge is -2.15. The molecule has 0 saturated heterocycles. The van der Waals surface area contributed by atoms with Crippen LogP contribution < -0.4 is 0 Å². The number of aromatic nitrogens is 1. The Labute approximate surface area is 145 Å². The van der Waals surface area contributed by atoms with Gasteiger partial charge in [0.05, 0.1) is 11.3 Å². The molecule has 1 aromatic heterocycles. The number of hydrogen-bond donors (Lipinski definition) is 0. The highest BCUT2D eigenvalue weighted by atomic mass is 32.2. The van der Waals surface area contributed by atoms with Crippen LogP contribution >= 0.6 is 0 Å². The summed E-state index contributed by atoms with van der Waals surface area (Å²) in [6.45, 7) is 0. The van der Waals surface area contributed by atoms with Crippen LogP contribution in [0, 0.1) is 0 Å². The zero-order chi connectivity index (χ0) is 18.0. The average molecular weight is 364 g/mol. The molecule has 2 aromatic carbocycles. The highest BCUT2D eigenvalue weighted by molar-refractivity contribution is 7.78. The number of alkyl halides is 3. The van der Waals surface area contributed by atoms with Crippen molar-refractivity contribution >= 4 is 11.1 Å². The van der Waals surface area contributed by atoms with Crippen molar-refractivity contribution in [2.75, 3.05) is 0 Å². The highest BCUT2D eigenvalue weighted by Crippen LogP contribution is 2.37. The van der Waals surface area contributed by atoms with Crippen LogP contribution in [-0.4, -0.2) is 13.3 Å². The second-order valence-electron chi connectivity index (χ2n) is 5.42. The molecular formula is C18H13F3NO2S-. The highest BCUT2D eigenvalue weighted by Gasteiger charge is 2.33. The Morgan fingerprint density at radius 1 is 0.960 bits per heavy atom. The van der Waals surface area contributed by atoms with Crippen LogP contribution in [0.3, 0.4) is 0 Å². The maximum atomic E-state index is 13.3. The number of rotatable bonds is 4. The molecule has 3 rings (SSSR count). The van der Waals surface area contributed by atoms with Gasteiger partial charge in [-0.2, -0.15) is 13.2 Å². The third kappa shape index (κ3) is 3.83. The van der Waals surface area contributed by atoms with E-state index in [1.807, 2.05) is 0 Å². The van der Waals surface area contributed by atoms with Crippen molar-refractivity contribution in [3.63, 3.8) is 0 Å². The maximum Gasteiger partial charge on any atom is 0.417 e. The van der Waals surface area contributed by atoms with Gasteiger partial charge in [-0.25, -0.2) is 0 Å². The summed E-state index contributed by atoms with van der Waals surface area (Å²) in [6, 6.07) is 15.3. The van der Waals surface area contributed by atoms with E-state index in [2.05, 4.69) is 0 Å². The normalized spacial score (nSPS) is 13.0. The molecule has 0 bridgehead atoms. The van der Waals surface area contributed by atoms with Gasteiger partial charge in [0.25, 0.3) is 0 Å². The third-order valence-electron chi connectivity index (χ3n) is 3.76.